The molecule has 28 heavy (non-hydrogen) atoms. The average Bonchev–Trinajstić information content (AvgIpc) is 3.13. The number of pyridine rings is 1. The van der Waals surface area contributed by atoms with Crippen molar-refractivity contribution in [3.05, 3.63) is 53.5 Å². The second-order valence-electron chi connectivity index (χ2n) is 8.18. The maximum atomic E-state index is 14.7. The summed E-state index contributed by atoms with van der Waals surface area (Å²) >= 11 is 0. The number of hydrogen-bond donors (Lipinski definition) is 1. The lowest BCUT2D eigenvalue weighted by molar-refractivity contribution is 0.00578. The highest BCUT2D eigenvalue weighted by Gasteiger charge is 2.51. The third-order valence-electron chi connectivity index (χ3n) is 5.66. The molecule has 0 saturated carbocycles. The number of rotatable bonds is 4. The molecule has 2 aromatic heterocycles. The molecule has 0 radical (unpaired) electrons. The zero-order chi connectivity index (χ0) is 20.1. The van der Waals surface area contributed by atoms with Crippen molar-refractivity contribution in [3.8, 4) is 0 Å². The summed E-state index contributed by atoms with van der Waals surface area (Å²) < 4.78 is 28.6. The molecule has 4 rings (SSSR count). The molecular formula is C20H24BFN4O2. The van der Waals surface area contributed by atoms with Crippen LogP contribution in [0.1, 0.15) is 39.0 Å². The number of benzene rings is 1. The smallest absolute Gasteiger partial charge is 0.399 e. The van der Waals surface area contributed by atoms with Gasteiger partial charge in [0, 0.05) is 17.8 Å². The highest BCUT2D eigenvalue weighted by Crippen LogP contribution is 2.36. The van der Waals surface area contributed by atoms with Gasteiger partial charge in [0.05, 0.1) is 11.2 Å². The summed E-state index contributed by atoms with van der Waals surface area (Å²) in [6.07, 6.45) is 0. The van der Waals surface area contributed by atoms with Gasteiger partial charge in [0.25, 0.3) is 0 Å². The van der Waals surface area contributed by atoms with Crippen LogP contribution in [0, 0.1) is 12.7 Å². The zero-order valence-electron chi connectivity index (χ0n) is 16.8. The van der Waals surface area contributed by atoms with E-state index >= 15 is 0 Å². The van der Waals surface area contributed by atoms with Gasteiger partial charge in [-0.25, -0.2) is 4.39 Å². The van der Waals surface area contributed by atoms with Gasteiger partial charge in [0.1, 0.15) is 5.82 Å². The first-order valence-electron chi connectivity index (χ1n) is 9.36. The molecule has 1 fully saturated rings. The van der Waals surface area contributed by atoms with E-state index in [9.17, 15) is 4.39 Å². The van der Waals surface area contributed by atoms with Crippen LogP contribution in [-0.2, 0) is 15.9 Å². The lowest BCUT2D eigenvalue weighted by Crippen LogP contribution is -2.41. The summed E-state index contributed by atoms with van der Waals surface area (Å²) in [6.45, 7) is 10.2. The summed E-state index contributed by atoms with van der Waals surface area (Å²) in [5.41, 5.74) is 2.04. The Kier molecular flexibility index (Phi) is 4.43. The van der Waals surface area contributed by atoms with Gasteiger partial charge >= 0.3 is 7.12 Å². The molecule has 0 unspecified atom stereocenters. The van der Waals surface area contributed by atoms with E-state index in [2.05, 4.69) is 15.5 Å². The van der Waals surface area contributed by atoms with E-state index in [0.717, 1.165) is 11.3 Å². The van der Waals surface area contributed by atoms with Gasteiger partial charge in [-0.2, -0.15) is 0 Å². The first-order chi connectivity index (χ1) is 13.2. The standard InChI is InChI=1S/C20H24BFN4O2/c1-13-7-6-8-17-24-25-18(26(13)17)23-12-14-9-10-15(11-16(14)22)21-27-19(2,3)20(4,5)28-21/h6-11H,12H2,1-5H3,(H,23,25). The lowest BCUT2D eigenvalue weighted by atomic mass is 9.78. The number of anilines is 1. The lowest BCUT2D eigenvalue weighted by Gasteiger charge is -2.32. The van der Waals surface area contributed by atoms with Crippen LogP contribution in [0.2, 0.25) is 0 Å². The van der Waals surface area contributed by atoms with Crippen LogP contribution in [0.15, 0.2) is 36.4 Å². The molecule has 1 aromatic carbocycles. The van der Waals surface area contributed by atoms with E-state index < -0.39 is 18.3 Å². The molecule has 8 heteroatoms. The molecule has 0 aliphatic carbocycles. The number of fused-ring (bicyclic) bond motifs is 1. The topological polar surface area (TPSA) is 60.7 Å². The van der Waals surface area contributed by atoms with Crippen molar-refractivity contribution in [2.75, 3.05) is 5.32 Å². The fourth-order valence-corrected chi connectivity index (χ4v) is 3.22. The Hall–Kier alpha value is -2.45. The van der Waals surface area contributed by atoms with Crippen molar-refractivity contribution in [1.29, 1.82) is 0 Å². The Morgan fingerprint density at radius 2 is 1.79 bits per heavy atom. The maximum absolute atomic E-state index is 14.7. The van der Waals surface area contributed by atoms with E-state index in [-0.39, 0.29) is 5.82 Å². The minimum atomic E-state index is -0.579. The van der Waals surface area contributed by atoms with E-state index in [0.29, 0.717) is 23.5 Å². The number of nitrogens with one attached hydrogen (secondary N) is 1. The Balaban J connectivity index is 1.51. The molecule has 1 saturated heterocycles. The quantitative estimate of drug-likeness (QED) is 0.703. The van der Waals surface area contributed by atoms with Crippen LogP contribution in [0.25, 0.3) is 5.65 Å². The van der Waals surface area contributed by atoms with Crippen molar-refractivity contribution >= 4 is 24.2 Å². The van der Waals surface area contributed by atoms with Crippen molar-refractivity contribution in [3.63, 3.8) is 0 Å². The fourth-order valence-electron chi connectivity index (χ4n) is 3.22. The van der Waals surface area contributed by atoms with Crippen molar-refractivity contribution in [2.45, 2.75) is 52.4 Å². The summed E-state index contributed by atoms with van der Waals surface area (Å²) in [6, 6.07) is 10.9. The molecular weight excluding hydrogens is 358 g/mol. The first-order valence-corrected chi connectivity index (χ1v) is 9.36. The molecule has 1 aliphatic rings. The van der Waals surface area contributed by atoms with Gasteiger partial charge < -0.3 is 14.6 Å². The Labute approximate surface area is 164 Å². The van der Waals surface area contributed by atoms with E-state index in [1.165, 1.54) is 6.07 Å². The molecule has 146 valence electrons. The summed E-state index contributed by atoms with van der Waals surface area (Å²) in [5, 5.41) is 11.5. The highest BCUT2D eigenvalue weighted by molar-refractivity contribution is 6.62. The molecule has 1 N–H and O–H groups in total. The van der Waals surface area contributed by atoms with E-state index in [1.807, 2.05) is 63.3 Å². The van der Waals surface area contributed by atoms with Crippen molar-refractivity contribution in [1.82, 2.24) is 14.6 Å². The molecule has 0 spiro atoms. The molecule has 6 nitrogen and oxygen atoms in total. The van der Waals surface area contributed by atoms with Gasteiger partial charge in [-0.1, -0.05) is 18.2 Å². The van der Waals surface area contributed by atoms with Crippen LogP contribution in [0.5, 0.6) is 0 Å². The van der Waals surface area contributed by atoms with Crippen LogP contribution >= 0.6 is 0 Å². The fraction of sp³-hybridized carbons (Fsp3) is 0.400. The molecule has 3 heterocycles. The minimum Gasteiger partial charge on any atom is -0.399 e. The van der Waals surface area contributed by atoms with Crippen LogP contribution in [0.3, 0.4) is 0 Å². The molecule has 0 amide bonds. The van der Waals surface area contributed by atoms with Gasteiger partial charge in [-0.15, -0.1) is 10.2 Å². The first kappa shape index (κ1) is 18.9. The Morgan fingerprint density at radius 1 is 1.07 bits per heavy atom. The zero-order valence-corrected chi connectivity index (χ0v) is 16.8. The summed E-state index contributed by atoms with van der Waals surface area (Å²) in [5.74, 6) is 0.271. The average molecular weight is 382 g/mol. The SMILES string of the molecule is Cc1cccc2nnc(NCc3ccc(B4OC(C)(C)C(C)(C)O4)cc3F)n12. The van der Waals surface area contributed by atoms with Crippen molar-refractivity contribution < 1.29 is 13.7 Å². The normalized spacial score (nSPS) is 18.0. The van der Waals surface area contributed by atoms with Crippen LogP contribution in [-0.4, -0.2) is 32.9 Å². The van der Waals surface area contributed by atoms with Gasteiger partial charge in [-0.3, -0.25) is 4.40 Å². The summed E-state index contributed by atoms with van der Waals surface area (Å²) in [7, 11) is -0.579. The van der Waals surface area contributed by atoms with Gasteiger partial charge in [0.2, 0.25) is 5.95 Å². The second kappa shape index (κ2) is 6.56. The third-order valence-corrected chi connectivity index (χ3v) is 5.66. The number of hydrogen-bond acceptors (Lipinski definition) is 5. The molecule has 3 aromatic rings. The highest BCUT2D eigenvalue weighted by atomic mass is 19.1. The number of aromatic nitrogens is 3. The largest absolute Gasteiger partial charge is 0.494 e. The Morgan fingerprint density at radius 3 is 2.46 bits per heavy atom. The van der Waals surface area contributed by atoms with E-state index in [4.69, 9.17) is 9.31 Å². The second-order valence-corrected chi connectivity index (χ2v) is 8.18. The maximum Gasteiger partial charge on any atom is 0.494 e. The molecule has 0 atom stereocenters. The van der Waals surface area contributed by atoms with E-state index in [1.54, 1.807) is 6.07 Å². The molecule has 0 bridgehead atoms. The van der Waals surface area contributed by atoms with Gasteiger partial charge in [-0.05, 0) is 58.3 Å². The summed E-state index contributed by atoms with van der Waals surface area (Å²) in [4.78, 5) is 0. The predicted molar refractivity (Wildman–Crippen MR) is 107 cm³/mol. The molecule has 1 aliphatic heterocycles. The van der Waals surface area contributed by atoms with Crippen LogP contribution < -0.4 is 10.8 Å². The monoisotopic (exact) mass is 382 g/mol. The number of aryl methyl sites for hydroxylation is 1. The van der Waals surface area contributed by atoms with Crippen molar-refractivity contribution in [2.24, 2.45) is 0 Å². The van der Waals surface area contributed by atoms with Gasteiger partial charge in [0.15, 0.2) is 5.65 Å². The predicted octanol–water partition coefficient (Wildman–Crippen LogP) is 3.09. The number of halogens is 1. The minimum absolute atomic E-state index is 0.296. The third kappa shape index (κ3) is 3.16. The Bertz CT molecular complexity index is 1020. The van der Waals surface area contributed by atoms with Crippen LogP contribution in [0.4, 0.5) is 10.3 Å². The number of nitrogens with zero attached hydrogens (tertiary/aromatic N) is 3.